The second kappa shape index (κ2) is 7.22. The van der Waals surface area contributed by atoms with Gasteiger partial charge in [-0.2, -0.15) is 0 Å². The molecule has 0 aliphatic carbocycles. The molecule has 4 aromatic carbocycles. The van der Waals surface area contributed by atoms with Gasteiger partial charge in [-0.1, -0.05) is 54.6 Å². The van der Waals surface area contributed by atoms with Gasteiger partial charge in [-0.05, 0) is 64.8 Å². The Morgan fingerprint density at radius 3 is 1.77 bits per heavy atom. The van der Waals surface area contributed by atoms with E-state index in [1.165, 1.54) is 0 Å². The van der Waals surface area contributed by atoms with E-state index in [0.29, 0.717) is 11.1 Å². The lowest BCUT2D eigenvalue weighted by molar-refractivity contribution is 0.619. The van der Waals surface area contributed by atoms with Gasteiger partial charge < -0.3 is 4.42 Å². The molecule has 1 heterocycles. The zero-order valence-electron chi connectivity index (χ0n) is 16.7. The summed E-state index contributed by atoms with van der Waals surface area (Å²) in [5.74, 6) is -0.477. The highest BCUT2D eigenvalue weighted by molar-refractivity contribution is 6.95. The van der Waals surface area contributed by atoms with Gasteiger partial charge in [0.05, 0.1) is 0 Å². The van der Waals surface area contributed by atoms with E-state index >= 15 is 0 Å². The summed E-state index contributed by atoms with van der Waals surface area (Å²) in [4.78, 5) is 0. The van der Waals surface area contributed by atoms with E-state index in [4.69, 9.17) is 4.42 Å². The summed E-state index contributed by atoms with van der Waals surface area (Å²) < 4.78 is 34.9. The summed E-state index contributed by atoms with van der Waals surface area (Å²) in [5.41, 5.74) is 2.85. The number of furan rings is 1. The fourth-order valence-corrected chi connectivity index (χ4v) is 6.46. The van der Waals surface area contributed by atoms with E-state index in [9.17, 15) is 8.78 Å². The minimum absolute atomic E-state index is 0.238. The first-order valence-corrected chi connectivity index (χ1v) is 11.3. The maximum Gasteiger partial charge on any atom is 0.154 e. The van der Waals surface area contributed by atoms with Gasteiger partial charge in [0.15, 0.2) is 8.80 Å². The molecule has 5 aromatic rings. The van der Waals surface area contributed by atoms with Crippen LogP contribution in [-0.2, 0) is 0 Å². The maximum atomic E-state index is 14.5. The molecule has 0 amide bonds. The summed E-state index contributed by atoms with van der Waals surface area (Å²) in [5, 5.41) is 4.90. The number of hydrogen-bond donors (Lipinski definition) is 0. The molecule has 0 spiro atoms. The summed E-state index contributed by atoms with van der Waals surface area (Å²) in [6, 6.07) is 24.7. The van der Waals surface area contributed by atoms with Gasteiger partial charge in [0.2, 0.25) is 0 Å². The highest BCUT2D eigenvalue weighted by Crippen LogP contribution is 2.27. The third kappa shape index (κ3) is 3.14. The van der Waals surface area contributed by atoms with Crippen LogP contribution in [0.4, 0.5) is 8.78 Å². The first kappa shape index (κ1) is 18.8. The van der Waals surface area contributed by atoms with Crippen LogP contribution in [0.2, 0.25) is 0 Å². The van der Waals surface area contributed by atoms with E-state index in [2.05, 4.69) is 6.07 Å². The van der Waals surface area contributed by atoms with Crippen molar-refractivity contribution in [3.63, 3.8) is 0 Å². The minimum atomic E-state index is -1.61. The van der Waals surface area contributed by atoms with Gasteiger partial charge in [0.25, 0.3) is 0 Å². The van der Waals surface area contributed by atoms with Crippen molar-refractivity contribution in [2.45, 2.75) is 13.8 Å². The van der Waals surface area contributed by atoms with Crippen molar-refractivity contribution in [1.29, 1.82) is 0 Å². The molecule has 4 heteroatoms. The van der Waals surface area contributed by atoms with E-state index < -0.39 is 8.80 Å². The first-order valence-electron chi connectivity index (χ1n) is 9.83. The zero-order chi connectivity index (χ0) is 20.8. The monoisotopic (exact) mass is 413 g/mol. The van der Waals surface area contributed by atoms with E-state index in [-0.39, 0.29) is 11.6 Å². The SMILES string of the molecule is Cc1ccc([Si](c2ccc(C)c(F)c2)c2ccc3oc4ccccc4c3c2)cc1F. The number of benzene rings is 4. The van der Waals surface area contributed by atoms with Crippen LogP contribution in [0.5, 0.6) is 0 Å². The Balaban J connectivity index is 1.75. The molecule has 0 aliphatic rings. The molecule has 0 saturated carbocycles. The third-order valence-electron chi connectivity index (χ3n) is 5.59. The van der Waals surface area contributed by atoms with Crippen molar-refractivity contribution in [2.24, 2.45) is 0 Å². The van der Waals surface area contributed by atoms with E-state index in [0.717, 1.165) is 37.5 Å². The lowest BCUT2D eigenvalue weighted by Gasteiger charge is -2.18. The highest BCUT2D eigenvalue weighted by atomic mass is 28.3. The fourth-order valence-electron chi connectivity index (χ4n) is 3.88. The van der Waals surface area contributed by atoms with Crippen molar-refractivity contribution in [3.8, 4) is 0 Å². The molecule has 30 heavy (non-hydrogen) atoms. The van der Waals surface area contributed by atoms with Crippen molar-refractivity contribution < 1.29 is 13.2 Å². The maximum absolute atomic E-state index is 14.5. The van der Waals surface area contributed by atoms with Gasteiger partial charge in [-0.25, -0.2) is 8.78 Å². The van der Waals surface area contributed by atoms with Crippen molar-refractivity contribution in [3.05, 3.63) is 102 Å². The van der Waals surface area contributed by atoms with Gasteiger partial charge in [-0.15, -0.1) is 0 Å². The standard InChI is InChI=1S/C26H19F2OSi/c1-16-7-9-19(14-23(16)27)30(20-10-8-17(2)24(28)15-20)18-11-12-26-22(13-18)21-5-3-4-6-25(21)29-26/h3-15H,1-2H3. The Morgan fingerprint density at radius 2 is 1.13 bits per heavy atom. The molecule has 1 radical (unpaired) electrons. The zero-order valence-corrected chi connectivity index (χ0v) is 17.7. The van der Waals surface area contributed by atoms with Crippen molar-refractivity contribution in [1.82, 2.24) is 0 Å². The lowest BCUT2D eigenvalue weighted by Crippen LogP contribution is -2.52. The molecule has 147 valence electrons. The average Bonchev–Trinajstić information content (AvgIpc) is 3.11. The van der Waals surface area contributed by atoms with E-state index in [1.54, 1.807) is 38.1 Å². The Bertz CT molecular complexity index is 1350. The van der Waals surface area contributed by atoms with Crippen LogP contribution in [0.25, 0.3) is 21.9 Å². The molecule has 0 aliphatic heterocycles. The van der Waals surface area contributed by atoms with Gasteiger partial charge >= 0.3 is 0 Å². The number of hydrogen-bond acceptors (Lipinski definition) is 1. The number of para-hydroxylation sites is 1. The molecule has 0 N–H and O–H groups in total. The van der Waals surface area contributed by atoms with Crippen LogP contribution in [0.15, 0.2) is 83.3 Å². The number of halogens is 2. The van der Waals surface area contributed by atoms with Crippen LogP contribution < -0.4 is 15.6 Å². The summed E-state index contributed by atoms with van der Waals surface area (Å²) in [7, 11) is -1.61. The molecule has 0 unspecified atom stereocenters. The number of aryl methyl sites for hydroxylation is 2. The second-order valence-corrected chi connectivity index (χ2v) is 10.1. The molecule has 0 atom stereocenters. The quantitative estimate of drug-likeness (QED) is 0.300. The van der Waals surface area contributed by atoms with Crippen molar-refractivity contribution >= 4 is 46.3 Å². The molecule has 1 nitrogen and oxygen atoms in total. The molecule has 0 bridgehead atoms. The van der Waals surface area contributed by atoms with Gasteiger partial charge in [0, 0.05) is 10.8 Å². The first-order chi connectivity index (χ1) is 14.5. The number of fused-ring (bicyclic) bond motifs is 3. The lowest BCUT2D eigenvalue weighted by atomic mass is 10.1. The molecular weight excluding hydrogens is 394 g/mol. The Labute approximate surface area is 175 Å². The Morgan fingerprint density at radius 1 is 0.600 bits per heavy atom. The van der Waals surface area contributed by atoms with Gasteiger partial charge in [0.1, 0.15) is 22.8 Å². The molecule has 0 saturated heterocycles. The van der Waals surface area contributed by atoms with Crippen LogP contribution in [0.3, 0.4) is 0 Å². The predicted octanol–water partition coefficient (Wildman–Crippen LogP) is 5.00. The Hall–Kier alpha value is -3.24. The number of rotatable bonds is 3. The summed E-state index contributed by atoms with van der Waals surface area (Å²) in [6.45, 7) is 3.50. The summed E-state index contributed by atoms with van der Waals surface area (Å²) >= 11 is 0. The van der Waals surface area contributed by atoms with E-state index in [1.807, 2.05) is 48.5 Å². The van der Waals surface area contributed by atoms with Gasteiger partial charge in [-0.3, -0.25) is 0 Å². The average molecular weight is 414 g/mol. The largest absolute Gasteiger partial charge is 0.456 e. The van der Waals surface area contributed by atoms with Crippen LogP contribution in [0.1, 0.15) is 11.1 Å². The minimum Gasteiger partial charge on any atom is -0.456 e. The predicted molar refractivity (Wildman–Crippen MR) is 121 cm³/mol. The van der Waals surface area contributed by atoms with Crippen LogP contribution >= 0.6 is 0 Å². The second-order valence-electron chi connectivity index (χ2n) is 7.61. The smallest absolute Gasteiger partial charge is 0.154 e. The van der Waals surface area contributed by atoms with Crippen LogP contribution in [-0.4, -0.2) is 8.80 Å². The third-order valence-corrected chi connectivity index (χ3v) is 8.25. The molecule has 5 rings (SSSR count). The molecule has 0 fully saturated rings. The topological polar surface area (TPSA) is 13.1 Å². The highest BCUT2D eigenvalue weighted by Gasteiger charge is 2.23. The fraction of sp³-hybridized carbons (Fsp3) is 0.0769. The van der Waals surface area contributed by atoms with Crippen LogP contribution in [0, 0.1) is 25.5 Å². The summed E-state index contributed by atoms with van der Waals surface area (Å²) in [6.07, 6.45) is 0. The molecule has 1 aromatic heterocycles. The molecular formula is C26H19F2OSi. The normalized spacial score (nSPS) is 11.6. The Kier molecular flexibility index (Phi) is 4.52. The van der Waals surface area contributed by atoms with Crippen molar-refractivity contribution in [2.75, 3.05) is 0 Å².